The van der Waals surface area contributed by atoms with E-state index in [4.69, 9.17) is 5.11 Å². The van der Waals surface area contributed by atoms with E-state index in [1.54, 1.807) is 4.90 Å². The van der Waals surface area contributed by atoms with Crippen LogP contribution in [0.2, 0.25) is 0 Å². The summed E-state index contributed by atoms with van der Waals surface area (Å²) in [5.41, 5.74) is -0.0174. The van der Waals surface area contributed by atoms with Crippen LogP contribution in [0.1, 0.15) is 32.6 Å². The van der Waals surface area contributed by atoms with Crippen LogP contribution in [0.3, 0.4) is 0 Å². The molecule has 2 aliphatic heterocycles. The SMILES string of the molecule is C[C@]12CC[C@H](CC1)N2C(=O)O. The van der Waals surface area contributed by atoms with Gasteiger partial charge in [0, 0.05) is 11.6 Å². The molecular weight excluding hydrogens is 142 g/mol. The lowest BCUT2D eigenvalue weighted by Crippen LogP contribution is -2.41. The van der Waals surface area contributed by atoms with Crippen LogP contribution >= 0.6 is 0 Å². The van der Waals surface area contributed by atoms with Crippen molar-refractivity contribution in [2.45, 2.75) is 44.2 Å². The number of nitrogens with zero attached hydrogens (tertiary/aromatic N) is 1. The van der Waals surface area contributed by atoms with Gasteiger partial charge in [-0.25, -0.2) is 4.79 Å². The first-order valence-corrected chi connectivity index (χ1v) is 4.16. The second-order valence-corrected chi connectivity index (χ2v) is 3.88. The van der Waals surface area contributed by atoms with E-state index in [0.717, 1.165) is 25.7 Å². The average Bonchev–Trinajstić information content (AvgIpc) is 2.39. The molecule has 0 aromatic rings. The van der Waals surface area contributed by atoms with Crippen LogP contribution in [0.25, 0.3) is 0 Å². The fourth-order valence-corrected chi connectivity index (χ4v) is 2.55. The fraction of sp³-hybridized carbons (Fsp3) is 0.875. The van der Waals surface area contributed by atoms with Gasteiger partial charge in [0.1, 0.15) is 0 Å². The first kappa shape index (κ1) is 6.95. The third-order valence-corrected chi connectivity index (χ3v) is 3.19. The molecule has 2 bridgehead atoms. The molecule has 0 aromatic carbocycles. The van der Waals surface area contributed by atoms with Crippen molar-refractivity contribution in [2.24, 2.45) is 0 Å². The van der Waals surface area contributed by atoms with Gasteiger partial charge < -0.3 is 5.11 Å². The summed E-state index contributed by atoms with van der Waals surface area (Å²) < 4.78 is 0. The van der Waals surface area contributed by atoms with E-state index in [1.165, 1.54) is 0 Å². The minimum Gasteiger partial charge on any atom is -0.465 e. The molecule has 0 aromatic heterocycles. The van der Waals surface area contributed by atoms with Crippen molar-refractivity contribution in [3.8, 4) is 0 Å². The fourth-order valence-electron chi connectivity index (χ4n) is 2.55. The summed E-state index contributed by atoms with van der Waals surface area (Å²) in [6.45, 7) is 2.06. The normalized spacial score (nSPS) is 41.5. The largest absolute Gasteiger partial charge is 0.465 e. The van der Waals surface area contributed by atoms with Gasteiger partial charge in [-0.05, 0) is 32.6 Å². The number of hydrogen-bond acceptors (Lipinski definition) is 1. The van der Waals surface area contributed by atoms with Crippen LogP contribution in [0.4, 0.5) is 4.79 Å². The molecule has 2 fully saturated rings. The molecule has 0 aliphatic carbocycles. The molecule has 1 amide bonds. The van der Waals surface area contributed by atoms with Gasteiger partial charge in [-0.1, -0.05) is 0 Å². The maximum atomic E-state index is 10.8. The molecule has 3 heteroatoms. The van der Waals surface area contributed by atoms with E-state index in [0.29, 0.717) is 6.04 Å². The molecule has 0 atom stereocenters. The maximum absolute atomic E-state index is 10.8. The second-order valence-electron chi connectivity index (χ2n) is 3.88. The van der Waals surface area contributed by atoms with E-state index < -0.39 is 6.09 Å². The molecule has 11 heavy (non-hydrogen) atoms. The Morgan fingerprint density at radius 3 is 2.27 bits per heavy atom. The number of amides is 1. The summed E-state index contributed by atoms with van der Waals surface area (Å²) in [7, 11) is 0. The Kier molecular flexibility index (Phi) is 1.20. The lowest BCUT2D eigenvalue weighted by Gasteiger charge is -2.28. The second kappa shape index (κ2) is 1.90. The summed E-state index contributed by atoms with van der Waals surface area (Å²) in [4.78, 5) is 12.5. The van der Waals surface area contributed by atoms with Crippen molar-refractivity contribution in [3.63, 3.8) is 0 Å². The van der Waals surface area contributed by atoms with Gasteiger partial charge in [0.15, 0.2) is 0 Å². The van der Waals surface area contributed by atoms with Crippen LogP contribution in [0, 0.1) is 0 Å². The first-order valence-electron chi connectivity index (χ1n) is 4.16. The quantitative estimate of drug-likeness (QED) is 0.578. The van der Waals surface area contributed by atoms with Crippen molar-refractivity contribution in [1.29, 1.82) is 0 Å². The average molecular weight is 155 g/mol. The molecule has 0 spiro atoms. The molecule has 62 valence electrons. The number of carboxylic acid groups (broad SMARTS) is 1. The van der Waals surface area contributed by atoms with Gasteiger partial charge in [-0.15, -0.1) is 0 Å². The summed E-state index contributed by atoms with van der Waals surface area (Å²) in [5.74, 6) is 0. The zero-order valence-electron chi connectivity index (χ0n) is 6.71. The van der Waals surface area contributed by atoms with Crippen LogP contribution in [-0.4, -0.2) is 27.7 Å². The number of carbonyl (C=O) groups is 1. The predicted molar refractivity (Wildman–Crippen MR) is 40.5 cm³/mol. The van der Waals surface area contributed by atoms with Gasteiger partial charge in [0.05, 0.1) is 0 Å². The van der Waals surface area contributed by atoms with Crippen LogP contribution in [0.5, 0.6) is 0 Å². The number of rotatable bonds is 0. The first-order chi connectivity index (χ1) is 5.13. The third kappa shape index (κ3) is 0.767. The molecule has 2 rings (SSSR count). The summed E-state index contributed by atoms with van der Waals surface area (Å²) in [5, 5.41) is 8.89. The van der Waals surface area contributed by atoms with E-state index in [-0.39, 0.29) is 5.54 Å². The Hall–Kier alpha value is -0.730. The lowest BCUT2D eigenvalue weighted by atomic mass is 9.90. The van der Waals surface area contributed by atoms with Gasteiger partial charge in [-0.3, -0.25) is 4.90 Å². The van der Waals surface area contributed by atoms with Crippen molar-refractivity contribution in [1.82, 2.24) is 4.90 Å². The molecular formula is C8H13NO2. The Balaban J connectivity index is 2.28. The highest BCUT2D eigenvalue weighted by Crippen LogP contribution is 2.45. The van der Waals surface area contributed by atoms with Crippen LogP contribution < -0.4 is 0 Å². The van der Waals surface area contributed by atoms with Crippen molar-refractivity contribution in [3.05, 3.63) is 0 Å². The Morgan fingerprint density at radius 2 is 2.09 bits per heavy atom. The van der Waals surface area contributed by atoms with Gasteiger partial charge >= 0.3 is 6.09 Å². The highest BCUT2D eigenvalue weighted by Gasteiger charge is 2.50. The highest BCUT2D eigenvalue weighted by molar-refractivity contribution is 5.67. The van der Waals surface area contributed by atoms with E-state index >= 15 is 0 Å². The summed E-state index contributed by atoms with van der Waals surface area (Å²) in [6.07, 6.45) is 3.53. The molecule has 1 N–H and O–H groups in total. The minimum atomic E-state index is -0.729. The Morgan fingerprint density at radius 1 is 1.55 bits per heavy atom. The Labute approximate surface area is 66.0 Å². The molecule has 0 unspecified atom stereocenters. The van der Waals surface area contributed by atoms with Crippen molar-refractivity contribution >= 4 is 6.09 Å². The minimum absolute atomic E-state index is 0.0174. The smallest absolute Gasteiger partial charge is 0.407 e. The van der Waals surface area contributed by atoms with Gasteiger partial charge in [0.25, 0.3) is 0 Å². The molecule has 2 aliphatic rings. The van der Waals surface area contributed by atoms with Crippen LogP contribution in [0.15, 0.2) is 0 Å². The van der Waals surface area contributed by atoms with Crippen molar-refractivity contribution in [2.75, 3.05) is 0 Å². The van der Waals surface area contributed by atoms with E-state index in [1.807, 2.05) is 0 Å². The van der Waals surface area contributed by atoms with E-state index in [2.05, 4.69) is 6.92 Å². The molecule has 2 saturated heterocycles. The topological polar surface area (TPSA) is 40.5 Å². The molecule has 3 nitrogen and oxygen atoms in total. The third-order valence-electron chi connectivity index (χ3n) is 3.19. The zero-order valence-corrected chi connectivity index (χ0v) is 6.71. The van der Waals surface area contributed by atoms with Gasteiger partial charge in [-0.2, -0.15) is 0 Å². The molecule has 2 heterocycles. The lowest BCUT2D eigenvalue weighted by molar-refractivity contribution is 0.115. The van der Waals surface area contributed by atoms with Crippen LogP contribution in [-0.2, 0) is 0 Å². The molecule has 0 radical (unpaired) electrons. The van der Waals surface area contributed by atoms with E-state index in [9.17, 15) is 4.79 Å². The monoisotopic (exact) mass is 155 g/mol. The molecule has 0 saturated carbocycles. The standard InChI is InChI=1S/C8H13NO2/c1-8-4-2-6(3-5-8)9(8)7(10)11/h6H,2-5H2,1H3,(H,10,11)/t6-,8+. The number of fused-ring (bicyclic) bond motifs is 2. The summed E-state index contributed by atoms with van der Waals surface area (Å²) >= 11 is 0. The maximum Gasteiger partial charge on any atom is 0.407 e. The van der Waals surface area contributed by atoms with Gasteiger partial charge in [0.2, 0.25) is 0 Å². The zero-order chi connectivity index (χ0) is 8.06. The Bertz CT molecular complexity index is 194. The highest BCUT2D eigenvalue weighted by atomic mass is 16.4. The number of hydrogen-bond donors (Lipinski definition) is 1. The van der Waals surface area contributed by atoms with Crippen molar-refractivity contribution < 1.29 is 9.90 Å². The summed E-state index contributed by atoms with van der Waals surface area (Å²) in [6, 6.07) is 0.331. The predicted octanol–water partition coefficient (Wildman–Crippen LogP) is 1.68.